The summed E-state index contributed by atoms with van der Waals surface area (Å²) in [6.07, 6.45) is 2.92. The molecule has 0 radical (unpaired) electrons. The van der Waals surface area contributed by atoms with Gasteiger partial charge in [0, 0.05) is 19.2 Å². The van der Waals surface area contributed by atoms with E-state index < -0.39 is 10.0 Å². The Bertz CT molecular complexity index is 1200. The molecular formula is C27H36N4O4S. The van der Waals surface area contributed by atoms with Crippen LogP contribution in [0.15, 0.2) is 59.6 Å². The van der Waals surface area contributed by atoms with Crippen LogP contribution in [0.4, 0.5) is 0 Å². The highest BCUT2D eigenvalue weighted by Crippen LogP contribution is 2.39. The van der Waals surface area contributed by atoms with E-state index in [9.17, 15) is 8.42 Å². The van der Waals surface area contributed by atoms with Crippen molar-refractivity contribution in [3.8, 4) is 11.5 Å². The van der Waals surface area contributed by atoms with Crippen LogP contribution in [-0.4, -0.2) is 55.7 Å². The summed E-state index contributed by atoms with van der Waals surface area (Å²) in [5.41, 5.74) is 2.70. The van der Waals surface area contributed by atoms with Crippen LogP contribution in [0.3, 0.4) is 0 Å². The number of benzene rings is 2. The first kappa shape index (κ1) is 26.2. The topological polar surface area (TPSA) is 76.9 Å². The highest BCUT2D eigenvalue weighted by atomic mass is 32.2. The molecule has 1 unspecified atom stereocenters. The van der Waals surface area contributed by atoms with Crippen molar-refractivity contribution in [1.82, 2.24) is 19.0 Å². The van der Waals surface area contributed by atoms with E-state index in [1.807, 2.05) is 67.3 Å². The molecular weight excluding hydrogens is 476 g/mol. The van der Waals surface area contributed by atoms with Gasteiger partial charge in [-0.15, -0.1) is 0 Å². The van der Waals surface area contributed by atoms with E-state index in [1.165, 1.54) is 4.31 Å². The smallest absolute Gasteiger partial charge is 0.263 e. The average Bonchev–Trinajstić information content (AvgIpc) is 3.63. The van der Waals surface area contributed by atoms with E-state index >= 15 is 0 Å². The fraction of sp³-hybridized carbons (Fsp3) is 0.444. The molecule has 194 valence electrons. The first-order valence-electron chi connectivity index (χ1n) is 12.3. The second-order valence-electron chi connectivity index (χ2n) is 9.44. The van der Waals surface area contributed by atoms with Crippen LogP contribution in [-0.2, 0) is 23.1 Å². The maximum Gasteiger partial charge on any atom is 0.263 e. The predicted molar refractivity (Wildman–Crippen MR) is 140 cm³/mol. The highest BCUT2D eigenvalue weighted by Gasteiger charge is 2.35. The molecule has 4 rings (SSSR count). The van der Waals surface area contributed by atoms with Crippen molar-refractivity contribution in [3.05, 3.63) is 71.4 Å². The van der Waals surface area contributed by atoms with Gasteiger partial charge in [-0.2, -0.15) is 9.40 Å². The average molecular weight is 513 g/mol. The number of aromatic nitrogens is 2. The molecule has 8 nitrogen and oxygen atoms in total. The van der Waals surface area contributed by atoms with E-state index in [0.29, 0.717) is 0 Å². The quantitative estimate of drug-likeness (QED) is 0.352. The van der Waals surface area contributed by atoms with Crippen molar-refractivity contribution >= 4 is 10.0 Å². The minimum Gasteiger partial charge on any atom is -0.497 e. The first-order valence-corrected chi connectivity index (χ1v) is 13.7. The monoisotopic (exact) mass is 512 g/mol. The van der Waals surface area contributed by atoms with Crippen molar-refractivity contribution in [2.24, 2.45) is 0 Å². The van der Waals surface area contributed by atoms with E-state index in [2.05, 4.69) is 16.9 Å². The maximum absolute atomic E-state index is 14.1. The van der Waals surface area contributed by atoms with Gasteiger partial charge in [-0.25, -0.2) is 8.42 Å². The van der Waals surface area contributed by atoms with Gasteiger partial charge in [0.05, 0.1) is 32.0 Å². The van der Waals surface area contributed by atoms with E-state index in [-0.39, 0.29) is 30.2 Å². The number of ether oxygens (including phenoxy) is 2. The summed E-state index contributed by atoms with van der Waals surface area (Å²) in [6.45, 7) is 2.55. The summed E-state index contributed by atoms with van der Waals surface area (Å²) in [4.78, 5) is 2.12. The van der Waals surface area contributed by atoms with E-state index in [1.54, 1.807) is 20.3 Å². The maximum atomic E-state index is 14.1. The SMILES string of the molecule is CCC(c1cc(S(=O)(=O)N(Cc2ccc(OC)cc2)Cc2ccc(OC)cc2)nn1C1CC1)N(C)C. The molecule has 0 aliphatic heterocycles. The van der Waals surface area contributed by atoms with Crippen molar-refractivity contribution in [1.29, 1.82) is 0 Å². The van der Waals surface area contributed by atoms with Gasteiger partial charge in [0.1, 0.15) is 11.5 Å². The summed E-state index contributed by atoms with van der Waals surface area (Å²) in [7, 11) is 3.38. The Morgan fingerprint density at radius 3 is 1.83 bits per heavy atom. The molecule has 0 amide bonds. The summed E-state index contributed by atoms with van der Waals surface area (Å²) in [6, 6.07) is 17.1. The van der Waals surface area contributed by atoms with Crippen molar-refractivity contribution < 1.29 is 17.9 Å². The van der Waals surface area contributed by atoms with Gasteiger partial charge in [0.15, 0.2) is 5.03 Å². The van der Waals surface area contributed by atoms with Crippen LogP contribution >= 0.6 is 0 Å². The molecule has 1 aliphatic carbocycles. The molecule has 1 fully saturated rings. The molecule has 1 aliphatic rings. The predicted octanol–water partition coefficient (Wildman–Crippen LogP) is 4.64. The summed E-state index contributed by atoms with van der Waals surface area (Å²) < 4.78 is 42.1. The molecule has 0 spiro atoms. The molecule has 9 heteroatoms. The van der Waals surface area contributed by atoms with Crippen LogP contribution in [0.25, 0.3) is 0 Å². The Labute approximate surface area is 214 Å². The molecule has 0 N–H and O–H groups in total. The lowest BCUT2D eigenvalue weighted by Crippen LogP contribution is -2.30. The lowest BCUT2D eigenvalue weighted by atomic mass is 10.1. The Morgan fingerprint density at radius 2 is 1.44 bits per heavy atom. The zero-order valence-corrected chi connectivity index (χ0v) is 22.5. The normalized spacial score (nSPS) is 14.9. The molecule has 3 aromatic rings. The molecule has 1 aromatic heterocycles. The molecule has 1 heterocycles. The second kappa shape index (κ2) is 11.0. The van der Waals surface area contributed by atoms with Gasteiger partial charge in [-0.3, -0.25) is 4.68 Å². The van der Waals surface area contributed by atoms with Gasteiger partial charge in [0.25, 0.3) is 10.0 Å². The largest absolute Gasteiger partial charge is 0.497 e. The van der Waals surface area contributed by atoms with Crippen molar-refractivity contribution in [2.75, 3.05) is 28.3 Å². The summed E-state index contributed by atoms with van der Waals surface area (Å²) in [5.74, 6) is 1.45. The lowest BCUT2D eigenvalue weighted by Gasteiger charge is -2.23. The molecule has 36 heavy (non-hydrogen) atoms. The second-order valence-corrected chi connectivity index (χ2v) is 11.3. The Balaban J connectivity index is 1.72. The van der Waals surface area contributed by atoms with Gasteiger partial charge in [-0.1, -0.05) is 31.2 Å². The number of rotatable bonds is 12. The standard InChI is InChI=1S/C27H36N4O4S/c1-6-25(29(2)3)26-17-27(28-31(26)22-11-12-22)36(32,33)30(18-20-7-13-23(34-4)14-8-20)19-21-9-15-24(35-5)16-10-21/h7-10,13-17,22,25H,6,11-12,18-19H2,1-5H3. The van der Waals surface area contributed by atoms with Gasteiger partial charge in [0.2, 0.25) is 0 Å². The third-order valence-electron chi connectivity index (χ3n) is 6.63. The summed E-state index contributed by atoms with van der Waals surface area (Å²) in [5, 5.41) is 4.78. The van der Waals surface area contributed by atoms with Gasteiger partial charge in [-0.05, 0) is 68.8 Å². The number of hydrogen-bond donors (Lipinski definition) is 0. The van der Waals surface area contributed by atoms with Gasteiger partial charge < -0.3 is 14.4 Å². The first-order chi connectivity index (χ1) is 17.3. The molecule has 1 atom stereocenters. The van der Waals surface area contributed by atoms with Crippen LogP contribution in [0.5, 0.6) is 11.5 Å². The third kappa shape index (κ3) is 5.74. The number of hydrogen-bond acceptors (Lipinski definition) is 6. The minimum absolute atomic E-state index is 0.0960. The van der Waals surface area contributed by atoms with Crippen LogP contribution < -0.4 is 9.47 Å². The van der Waals surface area contributed by atoms with Crippen molar-refractivity contribution in [2.45, 2.75) is 56.4 Å². The third-order valence-corrected chi connectivity index (χ3v) is 8.29. The summed E-state index contributed by atoms with van der Waals surface area (Å²) >= 11 is 0. The van der Waals surface area contributed by atoms with Crippen LogP contribution in [0, 0.1) is 0 Å². The van der Waals surface area contributed by atoms with E-state index in [4.69, 9.17) is 9.47 Å². The Morgan fingerprint density at radius 1 is 0.944 bits per heavy atom. The molecule has 1 saturated carbocycles. The highest BCUT2D eigenvalue weighted by molar-refractivity contribution is 7.89. The number of sulfonamides is 1. The fourth-order valence-electron chi connectivity index (χ4n) is 4.44. The van der Waals surface area contributed by atoms with Crippen LogP contribution in [0.1, 0.15) is 55.1 Å². The fourth-order valence-corrected chi connectivity index (χ4v) is 5.80. The zero-order valence-electron chi connectivity index (χ0n) is 21.7. The molecule has 0 bridgehead atoms. The van der Waals surface area contributed by atoms with Gasteiger partial charge >= 0.3 is 0 Å². The van der Waals surface area contributed by atoms with E-state index in [0.717, 1.165) is 47.6 Å². The van der Waals surface area contributed by atoms with Crippen molar-refractivity contribution in [3.63, 3.8) is 0 Å². The number of nitrogens with zero attached hydrogens (tertiary/aromatic N) is 4. The molecule has 2 aromatic carbocycles. The molecule has 0 saturated heterocycles. The number of methoxy groups -OCH3 is 2. The Hall–Kier alpha value is -2.88. The lowest BCUT2D eigenvalue weighted by molar-refractivity contribution is 0.275. The van der Waals surface area contributed by atoms with Crippen LogP contribution in [0.2, 0.25) is 0 Å². The minimum atomic E-state index is -3.88. The zero-order chi connectivity index (χ0) is 25.9. The Kier molecular flexibility index (Phi) is 8.02.